The molecule has 1 aliphatic carbocycles. The summed E-state index contributed by atoms with van der Waals surface area (Å²) < 4.78 is 0. The van der Waals surface area contributed by atoms with Gasteiger partial charge in [-0.05, 0) is 25.0 Å². The summed E-state index contributed by atoms with van der Waals surface area (Å²) in [7, 11) is 0. The van der Waals surface area contributed by atoms with E-state index in [2.05, 4.69) is 16.7 Å². The van der Waals surface area contributed by atoms with Crippen LogP contribution in [0.5, 0.6) is 0 Å². The van der Waals surface area contributed by atoms with Crippen LogP contribution in [0.15, 0.2) is 24.3 Å². The number of hydrogen-bond donors (Lipinski definition) is 2. The summed E-state index contributed by atoms with van der Waals surface area (Å²) in [4.78, 5) is 0. The van der Waals surface area contributed by atoms with Crippen LogP contribution in [-0.2, 0) is 0 Å². The Balaban J connectivity index is 1.79. The lowest BCUT2D eigenvalue weighted by Crippen LogP contribution is -2.24. The van der Waals surface area contributed by atoms with Crippen molar-refractivity contribution in [2.45, 2.75) is 18.9 Å². The normalized spacial score (nSPS) is 14.6. The summed E-state index contributed by atoms with van der Waals surface area (Å²) in [6.07, 6.45) is 2.63. The van der Waals surface area contributed by atoms with E-state index in [1.165, 1.54) is 12.8 Å². The zero-order valence-corrected chi connectivity index (χ0v) is 8.66. The number of nitriles is 1. The summed E-state index contributed by atoms with van der Waals surface area (Å²) in [6.45, 7) is 1.83. The van der Waals surface area contributed by atoms with Gasteiger partial charge in [-0.15, -0.1) is 0 Å². The van der Waals surface area contributed by atoms with Gasteiger partial charge in [-0.25, -0.2) is 0 Å². The van der Waals surface area contributed by atoms with Crippen LogP contribution in [0.2, 0.25) is 0 Å². The Morgan fingerprint density at radius 3 is 2.80 bits per heavy atom. The van der Waals surface area contributed by atoms with Gasteiger partial charge in [-0.1, -0.05) is 12.1 Å². The number of hydrogen-bond acceptors (Lipinski definition) is 3. The van der Waals surface area contributed by atoms with Crippen LogP contribution >= 0.6 is 0 Å². The molecular formula is C12H15N3. The fraction of sp³-hybridized carbons (Fsp3) is 0.417. The lowest BCUT2D eigenvalue weighted by Gasteiger charge is -2.08. The molecule has 1 fully saturated rings. The fourth-order valence-electron chi connectivity index (χ4n) is 1.50. The molecule has 0 aromatic heterocycles. The van der Waals surface area contributed by atoms with Gasteiger partial charge in [0.05, 0.1) is 11.3 Å². The summed E-state index contributed by atoms with van der Waals surface area (Å²) in [6, 6.07) is 10.5. The van der Waals surface area contributed by atoms with Crippen LogP contribution in [0, 0.1) is 11.3 Å². The lowest BCUT2D eigenvalue weighted by molar-refractivity contribution is 0.701. The van der Waals surface area contributed by atoms with Crippen molar-refractivity contribution >= 4 is 5.69 Å². The molecule has 78 valence electrons. The second-order valence-corrected chi connectivity index (χ2v) is 3.81. The molecule has 1 aliphatic rings. The monoisotopic (exact) mass is 201 g/mol. The lowest BCUT2D eigenvalue weighted by atomic mass is 10.2. The standard InChI is InChI=1S/C12H15N3/c13-9-10-3-1-2-4-12(10)15-8-7-14-11-5-6-11/h1-4,11,14-15H,5-8H2. The first-order valence-electron chi connectivity index (χ1n) is 5.36. The van der Waals surface area contributed by atoms with Gasteiger partial charge in [0, 0.05) is 19.1 Å². The Labute approximate surface area is 90.1 Å². The van der Waals surface area contributed by atoms with Crippen molar-refractivity contribution in [1.29, 1.82) is 5.26 Å². The van der Waals surface area contributed by atoms with Gasteiger partial charge in [0.25, 0.3) is 0 Å². The molecule has 3 nitrogen and oxygen atoms in total. The molecule has 0 atom stereocenters. The SMILES string of the molecule is N#Cc1ccccc1NCCNC1CC1. The third-order valence-corrected chi connectivity index (χ3v) is 2.50. The van der Waals surface area contributed by atoms with Crippen LogP contribution in [0.3, 0.4) is 0 Å². The first-order valence-corrected chi connectivity index (χ1v) is 5.36. The highest BCUT2D eigenvalue weighted by Crippen LogP contribution is 2.18. The van der Waals surface area contributed by atoms with Gasteiger partial charge >= 0.3 is 0 Å². The summed E-state index contributed by atoms with van der Waals surface area (Å²) in [5.41, 5.74) is 1.64. The molecule has 0 unspecified atom stereocenters. The van der Waals surface area contributed by atoms with E-state index in [1.807, 2.05) is 24.3 Å². The number of nitrogens with one attached hydrogen (secondary N) is 2. The first-order chi connectivity index (χ1) is 7.40. The van der Waals surface area contributed by atoms with Crippen LogP contribution in [0.1, 0.15) is 18.4 Å². The van der Waals surface area contributed by atoms with E-state index in [9.17, 15) is 0 Å². The van der Waals surface area contributed by atoms with Gasteiger partial charge in [-0.3, -0.25) is 0 Å². The minimum Gasteiger partial charge on any atom is -0.383 e. The Kier molecular flexibility index (Phi) is 3.21. The van der Waals surface area contributed by atoms with Crippen LogP contribution < -0.4 is 10.6 Å². The van der Waals surface area contributed by atoms with Crippen molar-refractivity contribution in [1.82, 2.24) is 5.32 Å². The fourth-order valence-corrected chi connectivity index (χ4v) is 1.50. The number of para-hydroxylation sites is 1. The highest BCUT2D eigenvalue weighted by Gasteiger charge is 2.19. The summed E-state index contributed by atoms with van der Waals surface area (Å²) in [5.74, 6) is 0. The van der Waals surface area contributed by atoms with Gasteiger partial charge in [0.1, 0.15) is 6.07 Å². The quantitative estimate of drug-likeness (QED) is 0.713. The molecule has 0 saturated heterocycles. The number of rotatable bonds is 5. The van der Waals surface area contributed by atoms with Crippen LogP contribution in [0.25, 0.3) is 0 Å². The molecule has 0 radical (unpaired) electrons. The van der Waals surface area contributed by atoms with Crippen molar-refractivity contribution in [3.63, 3.8) is 0 Å². The van der Waals surface area contributed by atoms with Crippen molar-refractivity contribution in [2.75, 3.05) is 18.4 Å². The largest absolute Gasteiger partial charge is 0.383 e. The van der Waals surface area contributed by atoms with Crippen molar-refractivity contribution in [2.24, 2.45) is 0 Å². The predicted molar refractivity (Wildman–Crippen MR) is 60.7 cm³/mol. The molecular weight excluding hydrogens is 186 g/mol. The number of benzene rings is 1. The Bertz CT molecular complexity index is 363. The van der Waals surface area contributed by atoms with Gasteiger partial charge in [-0.2, -0.15) is 5.26 Å². The molecule has 2 rings (SSSR count). The van der Waals surface area contributed by atoms with E-state index in [4.69, 9.17) is 5.26 Å². The highest BCUT2D eigenvalue weighted by atomic mass is 15.0. The smallest absolute Gasteiger partial charge is 0.101 e. The Hall–Kier alpha value is -1.53. The first kappa shape index (κ1) is 10.0. The van der Waals surface area contributed by atoms with Crippen LogP contribution in [0.4, 0.5) is 5.69 Å². The number of anilines is 1. The van der Waals surface area contributed by atoms with Gasteiger partial charge in [0.2, 0.25) is 0 Å². The second kappa shape index (κ2) is 4.81. The third-order valence-electron chi connectivity index (χ3n) is 2.50. The molecule has 1 saturated carbocycles. The number of nitrogens with zero attached hydrogens (tertiary/aromatic N) is 1. The maximum absolute atomic E-state index is 8.87. The average Bonchev–Trinajstić information content (AvgIpc) is 3.09. The predicted octanol–water partition coefficient (Wildman–Crippen LogP) is 1.72. The molecule has 0 bridgehead atoms. The van der Waals surface area contributed by atoms with Crippen LogP contribution in [-0.4, -0.2) is 19.1 Å². The van der Waals surface area contributed by atoms with E-state index in [0.717, 1.165) is 24.8 Å². The van der Waals surface area contributed by atoms with Crippen molar-refractivity contribution in [3.8, 4) is 6.07 Å². The zero-order valence-electron chi connectivity index (χ0n) is 8.66. The molecule has 0 spiro atoms. The minimum atomic E-state index is 0.712. The molecule has 1 aromatic carbocycles. The topological polar surface area (TPSA) is 47.9 Å². The van der Waals surface area contributed by atoms with E-state index >= 15 is 0 Å². The Morgan fingerprint density at radius 2 is 2.07 bits per heavy atom. The minimum absolute atomic E-state index is 0.712. The van der Waals surface area contributed by atoms with E-state index in [-0.39, 0.29) is 0 Å². The van der Waals surface area contributed by atoms with E-state index < -0.39 is 0 Å². The second-order valence-electron chi connectivity index (χ2n) is 3.81. The third kappa shape index (κ3) is 2.97. The average molecular weight is 201 g/mol. The molecule has 3 heteroatoms. The summed E-state index contributed by atoms with van der Waals surface area (Å²) in [5, 5.41) is 15.5. The molecule has 15 heavy (non-hydrogen) atoms. The van der Waals surface area contributed by atoms with E-state index in [1.54, 1.807) is 0 Å². The summed E-state index contributed by atoms with van der Waals surface area (Å²) >= 11 is 0. The van der Waals surface area contributed by atoms with Gasteiger partial charge in [0.15, 0.2) is 0 Å². The van der Waals surface area contributed by atoms with E-state index in [0.29, 0.717) is 5.56 Å². The molecule has 1 aromatic rings. The molecule has 0 aliphatic heterocycles. The molecule has 2 N–H and O–H groups in total. The zero-order chi connectivity index (χ0) is 10.5. The Morgan fingerprint density at radius 1 is 1.27 bits per heavy atom. The molecule has 0 amide bonds. The maximum atomic E-state index is 8.87. The maximum Gasteiger partial charge on any atom is 0.101 e. The van der Waals surface area contributed by atoms with Gasteiger partial charge < -0.3 is 10.6 Å². The van der Waals surface area contributed by atoms with Crippen molar-refractivity contribution < 1.29 is 0 Å². The highest BCUT2D eigenvalue weighted by molar-refractivity contribution is 5.57. The molecule has 0 heterocycles. The van der Waals surface area contributed by atoms with Crippen molar-refractivity contribution in [3.05, 3.63) is 29.8 Å².